The number of hydrogen-bond donors (Lipinski definition) is 0. The number of fused-ring (bicyclic) bond motifs is 3. The molecular weight excluding hydrogens is 315 g/mol. The van der Waals surface area contributed by atoms with Crippen molar-refractivity contribution in [1.82, 2.24) is 9.61 Å². The van der Waals surface area contributed by atoms with E-state index in [4.69, 9.17) is 9.47 Å². The zero-order valence-electron chi connectivity index (χ0n) is 13.4. The Labute approximate surface area is 136 Å². The van der Waals surface area contributed by atoms with Crippen molar-refractivity contribution in [2.75, 3.05) is 6.61 Å². The number of carbonyl (C=O) groups is 2. The molecule has 3 rings (SSSR count). The van der Waals surface area contributed by atoms with Crippen molar-refractivity contribution in [3.05, 3.63) is 41.5 Å². The first-order chi connectivity index (χ1) is 11.4. The average Bonchev–Trinajstić information content (AvgIpc) is 2.97. The third-order valence-electron chi connectivity index (χ3n) is 3.64. The lowest BCUT2D eigenvalue weighted by Gasteiger charge is -2.13. The summed E-state index contributed by atoms with van der Waals surface area (Å²) in [6, 6.07) is 4.06. The number of ether oxygens (including phenoxy) is 2. The molecule has 1 aromatic carbocycles. The summed E-state index contributed by atoms with van der Waals surface area (Å²) >= 11 is 0. The maximum atomic E-state index is 13.8. The molecule has 2 aromatic heterocycles. The first-order valence-corrected chi connectivity index (χ1v) is 7.39. The molecule has 0 N–H and O–H groups in total. The Morgan fingerprint density at radius 1 is 1.29 bits per heavy atom. The van der Waals surface area contributed by atoms with Crippen molar-refractivity contribution in [2.45, 2.75) is 20.8 Å². The van der Waals surface area contributed by atoms with Crippen LogP contribution in [0.3, 0.4) is 0 Å². The van der Waals surface area contributed by atoms with Crippen molar-refractivity contribution in [1.29, 1.82) is 0 Å². The van der Waals surface area contributed by atoms with Crippen LogP contribution in [0.5, 0.6) is 5.75 Å². The van der Waals surface area contributed by atoms with Gasteiger partial charge in [0.15, 0.2) is 5.75 Å². The first kappa shape index (κ1) is 15.9. The Morgan fingerprint density at radius 2 is 2.04 bits per heavy atom. The molecule has 3 aromatic rings. The van der Waals surface area contributed by atoms with Crippen LogP contribution < -0.4 is 4.74 Å². The van der Waals surface area contributed by atoms with Crippen LogP contribution in [-0.2, 0) is 9.53 Å². The number of rotatable bonds is 3. The second-order valence-electron chi connectivity index (χ2n) is 5.24. The summed E-state index contributed by atoms with van der Waals surface area (Å²) in [6.07, 6.45) is 1.36. The van der Waals surface area contributed by atoms with Crippen LogP contribution in [0.15, 0.2) is 24.4 Å². The van der Waals surface area contributed by atoms with Gasteiger partial charge in [0.05, 0.1) is 24.0 Å². The molecule has 0 aliphatic carbocycles. The fraction of sp³-hybridized carbons (Fsp3) is 0.235. The summed E-state index contributed by atoms with van der Waals surface area (Å²) in [4.78, 5) is 23.6. The minimum Gasteiger partial charge on any atom is -0.462 e. The van der Waals surface area contributed by atoms with E-state index in [1.807, 2.05) is 0 Å². The molecule has 6 nitrogen and oxygen atoms in total. The molecule has 0 bridgehead atoms. The maximum absolute atomic E-state index is 13.8. The molecule has 0 unspecified atom stereocenters. The predicted molar refractivity (Wildman–Crippen MR) is 84.7 cm³/mol. The molecule has 0 spiro atoms. The second-order valence-corrected chi connectivity index (χ2v) is 5.24. The van der Waals surface area contributed by atoms with Gasteiger partial charge in [-0.25, -0.2) is 13.7 Å². The number of esters is 2. The maximum Gasteiger partial charge on any atom is 0.342 e. The summed E-state index contributed by atoms with van der Waals surface area (Å²) < 4.78 is 25.6. The number of aromatic nitrogens is 2. The van der Waals surface area contributed by atoms with E-state index in [-0.39, 0.29) is 17.9 Å². The zero-order valence-corrected chi connectivity index (χ0v) is 13.4. The van der Waals surface area contributed by atoms with Crippen molar-refractivity contribution >= 4 is 28.2 Å². The number of pyridine rings is 1. The average molecular weight is 330 g/mol. The lowest BCUT2D eigenvalue weighted by atomic mass is 10.1. The lowest BCUT2D eigenvalue weighted by Crippen LogP contribution is -2.08. The Bertz CT molecular complexity index is 978. The van der Waals surface area contributed by atoms with E-state index in [0.717, 1.165) is 0 Å². The molecule has 7 heteroatoms. The van der Waals surface area contributed by atoms with Crippen LogP contribution in [-0.4, -0.2) is 28.2 Å². The molecule has 0 atom stereocenters. The summed E-state index contributed by atoms with van der Waals surface area (Å²) in [6.45, 7) is 4.90. The van der Waals surface area contributed by atoms with Gasteiger partial charge in [0.1, 0.15) is 11.4 Å². The van der Waals surface area contributed by atoms with Gasteiger partial charge in [-0.15, -0.1) is 0 Å². The number of benzene rings is 1. The van der Waals surface area contributed by atoms with E-state index < -0.39 is 17.8 Å². The fourth-order valence-electron chi connectivity index (χ4n) is 2.69. The molecule has 0 radical (unpaired) electrons. The highest BCUT2D eigenvalue weighted by molar-refractivity contribution is 6.09. The quantitative estimate of drug-likeness (QED) is 0.690. The van der Waals surface area contributed by atoms with E-state index in [0.29, 0.717) is 22.0 Å². The summed E-state index contributed by atoms with van der Waals surface area (Å²) in [5.41, 5.74) is 1.16. The van der Waals surface area contributed by atoms with Gasteiger partial charge in [-0.05, 0) is 32.0 Å². The Balaban J connectivity index is 2.43. The van der Waals surface area contributed by atoms with Gasteiger partial charge >= 0.3 is 11.9 Å². The van der Waals surface area contributed by atoms with Crippen LogP contribution in [0.25, 0.3) is 16.3 Å². The van der Waals surface area contributed by atoms with Crippen molar-refractivity contribution < 1.29 is 23.5 Å². The lowest BCUT2D eigenvalue weighted by molar-refractivity contribution is -0.131. The van der Waals surface area contributed by atoms with E-state index in [1.165, 1.54) is 35.8 Å². The number of carbonyl (C=O) groups excluding carboxylic acids is 2. The standard InChI is InChI=1S/C17H15FN2O4/c1-4-23-17(22)14-8-19-20-9(2)16(24-10(3)21)12-6-5-11(18)7-13(12)15(14)20/h5-8H,4H2,1-3H3. The molecule has 0 aliphatic rings. The Hall–Kier alpha value is -2.96. The second kappa shape index (κ2) is 5.92. The Morgan fingerprint density at radius 3 is 2.71 bits per heavy atom. The van der Waals surface area contributed by atoms with Gasteiger partial charge in [0.25, 0.3) is 0 Å². The summed E-state index contributed by atoms with van der Waals surface area (Å²) in [5.74, 6) is -1.24. The van der Waals surface area contributed by atoms with Gasteiger partial charge in [0.2, 0.25) is 0 Å². The van der Waals surface area contributed by atoms with Crippen molar-refractivity contribution in [2.24, 2.45) is 0 Å². The number of hydrogen-bond acceptors (Lipinski definition) is 5. The van der Waals surface area contributed by atoms with E-state index in [2.05, 4.69) is 5.10 Å². The van der Waals surface area contributed by atoms with E-state index in [1.54, 1.807) is 13.8 Å². The third-order valence-corrected chi connectivity index (χ3v) is 3.64. The molecule has 124 valence electrons. The number of nitrogens with zero attached hydrogens (tertiary/aromatic N) is 2. The minimum absolute atomic E-state index is 0.215. The van der Waals surface area contributed by atoms with Crippen LogP contribution in [0.2, 0.25) is 0 Å². The SMILES string of the molecule is CCOC(=O)c1cnn2c(C)c(OC(C)=O)c3ccc(F)cc3c12. The monoisotopic (exact) mass is 330 g/mol. The van der Waals surface area contributed by atoms with Crippen LogP contribution >= 0.6 is 0 Å². The zero-order chi connectivity index (χ0) is 17.4. The highest BCUT2D eigenvalue weighted by Gasteiger charge is 2.22. The molecule has 0 amide bonds. The molecule has 2 heterocycles. The minimum atomic E-state index is -0.544. The summed E-state index contributed by atoms with van der Waals surface area (Å²) in [5, 5.41) is 5.10. The highest BCUT2D eigenvalue weighted by Crippen LogP contribution is 2.35. The van der Waals surface area contributed by atoms with Crippen molar-refractivity contribution in [3.8, 4) is 5.75 Å². The molecule has 0 saturated carbocycles. The molecule has 0 aliphatic heterocycles. The molecule has 0 saturated heterocycles. The van der Waals surface area contributed by atoms with Gasteiger partial charge in [-0.3, -0.25) is 4.79 Å². The number of halogens is 1. The Kier molecular flexibility index (Phi) is 3.92. The molecular formula is C17H15FN2O4. The predicted octanol–water partition coefficient (Wildman–Crippen LogP) is 3.04. The molecule has 0 fully saturated rings. The topological polar surface area (TPSA) is 69.9 Å². The fourth-order valence-corrected chi connectivity index (χ4v) is 2.69. The third kappa shape index (κ3) is 2.47. The molecule has 24 heavy (non-hydrogen) atoms. The largest absolute Gasteiger partial charge is 0.462 e. The van der Waals surface area contributed by atoms with Crippen LogP contribution in [0, 0.1) is 12.7 Å². The van der Waals surface area contributed by atoms with Gasteiger partial charge < -0.3 is 9.47 Å². The van der Waals surface area contributed by atoms with Gasteiger partial charge in [-0.1, -0.05) is 0 Å². The van der Waals surface area contributed by atoms with E-state index in [9.17, 15) is 14.0 Å². The number of aryl methyl sites for hydroxylation is 1. The normalized spacial score (nSPS) is 11.0. The van der Waals surface area contributed by atoms with Crippen LogP contribution in [0.4, 0.5) is 4.39 Å². The summed E-state index contributed by atoms with van der Waals surface area (Å²) in [7, 11) is 0. The van der Waals surface area contributed by atoms with Gasteiger partial charge in [-0.2, -0.15) is 5.10 Å². The van der Waals surface area contributed by atoms with Crippen LogP contribution in [0.1, 0.15) is 29.9 Å². The van der Waals surface area contributed by atoms with Crippen molar-refractivity contribution in [3.63, 3.8) is 0 Å². The smallest absolute Gasteiger partial charge is 0.342 e. The highest BCUT2D eigenvalue weighted by atomic mass is 19.1. The first-order valence-electron chi connectivity index (χ1n) is 7.39. The van der Waals surface area contributed by atoms with E-state index >= 15 is 0 Å². The van der Waals surface area contributed by atoms with Gasteiger partial charge in [0, 0.05) is 17.7 Å².